The van der Waals surface area contributed by atoms with Crippen LogP contribution >= 0.6 is 0 Å². The second kappa shape index (κ2) is 4.49. The summed E-state index contributed by atoms with van der Waals surface area (Å²) in [6.07, 6.45) is 0.930. The smallest absolute Gasteiger partial charge is 0.103 e. The number of nitrogens with one attached hydrogen (secondary N) is 1. The van der Waals surface area contributed by atoms with Gasteiger partial charge in [0, 0.05) is 11.3 Å². The van der Waals surface area contributed by atoms with Crippen LogP contribution in [0.5, 0.6) is 0 Å². The van der Waals surface area contributed by atoms with Crippen LogP contribution < -0.4 is 0 Å². The van der Waals surface area contributed by atoms with Crippen LogP contribution in [0.25, 0.3) is 11.3 Å². The van der Waals surface area contributed by atoms with E-state index in [9.17, 15) is 0 Å². The Bertz CT molecular complexity index is 488. The van der Waals surface area contributed by atoms with Gasteiger partial charge in [0.15, 0.2) is 0 Å². The molecule has 3 heteroatoms. The molecule has 0 saturated heterocycles. The van der Waals surface area contributed by atoms with Gasteiger partial charge in [-0.05, 0) is 25.0 Å². The fourth-order valence-electron chi connectivity index (χ4n) is 1.85. The number of rotatable bonds is 3. The minimum atomic E-state index is 0.0682. The summed E-state index contributed by atoms with van der Waals surface area (Å²) in [6.45, 7) is 4.13. The molecule has 1 aromatic heterocycles. The van der Waals surface area contributed by atoms with E-state index in [1.54, 1.807) is 0 Å². The number of aliphatic hydroxyl groups is 1. The number of aromatic nitrogens is 2. The number of nitrogens with zero attached hydrogens (tertiary/aromatic N) is 1. The van der Waals surface area contributed by atoms with Crippen LogP contribution in [0, 0.1) is 6.92 Å². The topological polar surface area (TPSA) is 48.9 Å². The summed E-state index contributed by atoms with van der Waals surface area (Å²) in [5.41, 5.74) is 4.12. The van der Waals surface area contributed by atoms with Gasteiger partial charge in [-0.25, -0.2) is 4.98 Å². The minimum absolute atomic E-state index is 0.0682. The zero-order chi connectivity index (χ0) is 11.5. The van der Waals surface area contributed by atoms with E-state index in [0.717, 1.165) is 34.8 Å². The minimum Gasteiger partial charge on any atom is -0.392 e. The van der Waals surface area contributed by atoms with Crippen molar-refractivity contribution in [1.82, 2.24) is 9.97 Å². The molecule has 0 amide bonds. The fraction of sp³-hybridized carbons (Fsp3) is 0.308. The van der Waals surface area contributed by atoms with Gasteiger partial charge < -0.3 is 10.1 Å². The standard InChI is InChI=1S/C13H16N2O/c1-3-12-13(15-9(2)14-12)11-6-4-5-10(7-11)8-16/h4-7,16H,3,8H2,1-2H3,(H,14,15). The normalized spacial score (nSPS) is 10.7. The summed E-state index contributed by atoms with van der Waals surface area (Å²) < 4.78 is 0. The van der Waals surface area contributed by atoms with Crippen LogP contribution in [0.1, 0.15) is 24.0 Å². The number of hydrogen-bond acceptors (Lipinski definition) is 2. The molecule has 84 valence electrons. The van der Waals surface area contributed by atoms with E-state index < -0.39 is 0 Å². The lowest BCUT2D eigenvalue weighted by atomic mass is 10.1. The molecule has 0 atom stereocenters. The van der Waals surface area contributed by atoms with Crippen LogP contribution in [0.15, 0.2) is 24.3 Å². The molecule has 0 unspecified atom stereocenters. The molecule has 1 aromatic carbocycles. The Morgan fingerprint density at radius 3 is 2.88 bits per heavy atom. The predicted molar refractivity (Wildman–Crippen MR) is 64.1 cm³/mol. The van der Waals surface area contributed by atoms with Gasteiger partial charge in [-0.15, -0.1) is 0 Å². The summed E-state index contributed by atoms with van der Waals surface area (Å²) in [7, 11) is 0. The van der Waals surface area contributed by atoms with Crippen molar-refractivity contribution < 1.29 is 5.11 Å². The third-order valence-electron chi connectivity index (χ3n) is 2.63. The van der Waals surface area contributed by atoms with Gasteiger partial charge in [0.1, 0.15) is 5.82 Å². The van der Waals surface area contributed by atoms with E-state index in [0.29, 0.717) is 0 Å². The van der Waals surface area contributed by atoms with E-state index in [-0.39, 0.29) is 6.61 Å². The van der Waals surface area contributed by atoms with Crippen LogP contribution in [0.3, 0.4) is 0 Å². The average molecular weight is 216 g/mol. The lowest BCUT2D eigenvalue weighted by molar-refractivity contribution is 0.282. The van der Waals surface area contributed by atoms with E-state index >= 15 is 0 Å². The maximum absolute atomic E-state index is 9.11. The number of aryl methyl sites for hydroxylation is 2. The SMILES string of the molecule is CCc1[nH]c(C)nc1-c1cccc(CO)c1. The van der Waals surface area contributed by atoms with Gasteiger partial charge in [-0.3, -0.25) is 0 Å². The molecule has 2 N–H and O–H groups in total. The first kappa shape index (κ1) is 10.9. The van der Waals surface area contributed by atoms with Gasteiger partial charge >= 0.3 is 0 Å². The average Bonchev–Trinajstić information content (AvgIpc) is 2.70. The number of H-pyrrole nitrogens is 1. The van der Waals surface area contributed by atoms with Crippen molar-refractivity contribution in [2.24, 2.45) is 0 Å². The van der Waals surface area contributed by atoms with Crippen molar-refractivity contribution in [2.45, 2.75) is 26.9 Å². The van der Waals surface area contributed by atoms with E-state index in [1.165, 1.54) is 0 Å². The summed E-state index contributed by atoms with van der Waals surface area (Å²) in [5, 5.41) is 9.11. The molecule has 2 rings (SSSR count). The monoisotopic (exact) mass is 216 g/mol. The number of benzene rings is 1. The zero-order valence-electron chi connectivity index (χ0n) is 9.62. The molecular formula is C13H16N2O. The number of hydrogen-bond donors (Lipinski definition) is 2. The second-order valence-corrected chi connectivity index (χ2v) is 3.86. The molecule has 3 nitrogen and oxygen atoms in total. The third-order valence-corrected chi connectivity index (χ3v) is 2.63. The molecule has 0 saturated carbocycles. The molecule has 1 heterocycles. The Morgan fingerprint density at radius 2 is 2.19 bits per heavy atom. The molecule has 0 radical (unpaired) electrons. The molecule has 0 aliphatic heterocycles. The molecule has 0 aliphatic rings. The highest BCUT2D eigenvalue weighted by molar-refractivity contribution is 5.63. The first-order valence-corrected chi connectivity index (χ1v) is 5.50. The number of aliphatic hydroxyl groups excluding tert-OH is 1. The Morgan fingerprint density at radius 1 is 1.38 bits per heavy atom. The molecular weight excluding hydrogens is 200 g/mol. The fourth-order valence-corrected chi connectivity index (χ4v) is 1.85. The van der Waals surface area contributed by atoms with Crippen molar-refractivity contribution in [3.8, 4) is 11.3 Å². The van der Waals surface area contributed by atoms with Crippen LogP contribution in [-0.4, -0.2) is 15.1 Å². The first-order valence-electron chi connectivity index (χ1n) is 5.50. The number of imidazole rings is 1. The maximum atomic E-state index is 9.11. The largest absolute Gasteiger partial charge is 0.392 e. The Kier molecular flexibility index (Phi) is 3.06. The van der Waals surface area contributed by atoms with Crippen LogP contribution in [-0.2, 0) is 13.0 Å². The van der Waals surface area contributed by atoms with E-state index in [4.69, 9.17) is 5.11 Å². The van der Waals surface area contributed by atoms with Gasteiger partial charge in [-0.1, -0.05) is 25.1 Å². The predicted octanol–water partition coefficient (Wildman–Crippen LogP) is 2.44. The lowest BCUT2D eigenvalue weighted by Crippen LogP contribution is -1.88. The summed E-state index contributed by atoms with van der Waals surface area (Å²) in [5.74, 6) is 0.932. The highest BCUT2D eigenvalue weighted by Gasteiger charge is 2.08. The molecule has 0 spiro atoms. The van der Waals surface area contributed by atoms with Crippen molar-refractivity contribution in [2.75, 3.05) is 0 Å². The van der Waals surface area contributed by atoms with Gasteiger partial charge in [0.05, 0.1) is 12.3 Å². The van der Waals surface area contributed by atoms with Crippen molar-refractivity contribution in [3.05, 3.63) is 41.3 Å². The van der Waals surface area contributed by atoms with Gasteiger partial charge in [-0.2, -0.15) is 0 Å². The summed E-state index contributed by atoms with van der Waals surface area (Å²) in [4.78, 5) is 7.75. The molecule has 0 aliphatic carbocycles. The zero-order valence-corrected chi connectivity index (χ0v) is 9.62. The molecule has 0 bridgehead atoms. The number of aromatic amines is 1. The lowest BCUT2D eigenvalue weighted by Gasteiger charge is -2.02. The Hall–Kier alpha value is -1.61. The Balaban J connectivity index is 2.48. The first-order chi connectivity index (χ1) is 7.74. The Labute approximate surface area is 95.2 Å². The van der Waals surface area contributed by atoms with Crippen LogP contribution in [0.2, 0.25) is 0 Å². The van der Waals surface area contributed by atoms with Gasteiger partial charge in [0.2, 0.25) is 0 Å². The highest BCUT2D eigenvalue weighted by atomic mass is 16.3. The quantitative estimate of drug-likeness (QED) is 0.827. The van der Waals surface area contributed by atoms with Crippen molar-refractivity contribution in [1.29, 1.82) is 0 Å². The van der Waals surface area contributed by atoms with Gasteiger partial charge in [0.25, 0.3) is 0 Å². The van der Waals surface area contributed by atoms with E-state index in [1.807, 2.05) is 31.2 Å². The van der Waals surface area contributed by atoms with Crippen molar-refractivity contribution in [3.63, 3.8) is 0 Å². The molecule has 2 aromatic rings. The molecule has 16 heavy (non-hydrogen) atoms. The summed E-state index contributed by atoms with van der Waals surface area (Å²) >= 11 is 0. The maximum Gasteiger partial charge on any atom is 0.103 e. The van der Waals surface area contributed by atoms with E-state index in [2.05, 4.69) is 16.9 Å². The third kappa shape index (κ3) is 1.99. The van der Waals surface area contributed by atoms with Crippen LogP contribution in [0.4, 0.5) is 0 Å². The summed E-state index contributed by atoms with van der Waals surface area (Å²) in [6, 6.07) is 7.86. The van der Waals surface area contributed by atoms with Crippen molar-refractivity contribution >= 4 is 0 Å². The highest BCUT2D eigenvalue weighted by Crippen LogP contribution is 2.23. The molecule has 0 fully saturated rings. The second-order valence-electron chi connectivity index (χ2n) is 3.86.